The molecule has 1 unspecified atom stereocenters. The van der Waals surface area contributed by atoms with Gasteiger partial charge in [0.05, 0.1) is 11.5 Å². The highest BCUT2D eigenvalue weighted by Gasteiger charge is 2.34. The minimum absolute atomic E-state index is 0.208. The first-order chi connectivity index (χ1) is 6.18. The number of cyclic esters (lactones) is 1. The number of nitrogens with zero attached hydrogens (tertiary/aromatic N) is 1. The monoisotopic (exact) mass is 200 g/mol. The summed E-state index contributed by atoms with van der Waals surface area (Å²) in [6, 6.07) is 0. The van der Waals surface area contributed by atoms with Gasteiger partial charge >= 0.3 is 6.09 Å². The van der Waals surface area contributed by atoms with Gasteiger partial charge in [0.25, 0.3) is 0 Å². The van der Waals surface area contributed by atoms with Crippen LogP contribution in [0.3, 0.4) is 0 Å². The van der Waals surface area contributed by atoms with Gasteiger partial charge in [-0.05, 0) is 12.8 Å². The molecule has 1 heterocycles. The van der Waals surface area contributed by atoms with E-state index in [1.807, 2.05) is 11.9 Å². The van der Waals surface area contributed by atoms with Crippen molar-refractivity contribution in [2.24, 2.45) is 5.92 Å². The zero-order valence-electron chi connectivity index (χ0n) is 7.45. The van der Waals surface area contributed by atoms with E-state index in [0.717, 1.165) is 4.99 Å². The first-order valence-electron chi connectivity index (χ1n) is 4.39. The second-order valence-electron chi connectivity index (χ2n) is 3.46. The summed E-state index contributed by atoms with van der Waals surface area (Å²) in [7, 11) is 1.88. The van der Waals surface area contributed by atoms with Crippen molar-refractivity contribution in [3.63, 3.8) is 0 Å². The molecule has 1 atom stereocenters. The number of amides is 1. The average Bonchev–Trinajstić information content (AvgIpc) is 2.87. The lowest BCUT2D eigenvalue weighted by Gasteiger charge is -2.24. The van der Waals surface area contributed by atoms with Crippen LogP contribution in [0.1, 0.15) is 12.8 Å². The number of ether oxygens (including phenoxy) is 1. The molecule has 0 bridgehead atoms. The van der Waals surface area contributed by atoms with E-state index in [0.29, 0.717) is 12.5 Å². The molecule has 0 aromatic heterocycles. The molecule has 2 aliphatic rings. The first-order valence-corrected chi connectivity index (χ1v) is 4.80. The predicted octanol–water partition coefficient (Wildman–Crippen LogP) is 0.722. The Kier molecular flexibility index (Phi) is 2.11. The van der Waals surface area contributed by atoms with Crippen molar-refractivity contribution in [3.05, 3.63) is 0 Å². The van der Waals surface area contributed by atoms with Crippen molar-refractivity contribution in [3.8, 4) is 0 Å². The Morgan fingerprint density at radius 3 is 2.85 bits per heavy atom. The number of carbonyl (C=O) groups is 1. The summed E-state index contributed by atoms with van der Waals surface area (Å²) in [6.07, 6.45) is 1.80. The summed E-state index contributed by atoms with van der Waals surface area (Å²) < 4.78 is 5.01. The van der Waals surface area contributed by atoms with Crippen molar-refractivity contribution < 1.29 is 9.53 Å². The molecule has 0 aromatic rings. The topological polar surface area (TPSA) is 41.6 Å². The van der Waals surface area contributed by atoms with Crippen LogP contribution >= 0.6 is 12.2 Å². The van der Waals surface area contributed by atoms with Crippen molar-refractivity contribution in [1.29, 1.82) is 0 Å². The van der Waals surface area contributed by atoms with E-state index in [1.54, 1.807) is 0 Å². The Balaban J connectivity index is 1.92. The molecule has 1 aliphatic carbocycles. The number of hydrogen-bond acceptors (Lipinski definition) is 3. The second kappa shape index (κ2) is 3.14. The van der Waals surface area contributed by atoms with E-state index in [9.17, 15) is 4.79 Å². The van der Waals surface area contributed by atoms with Gasteiger partial charge in [-0.2, -0.15) is 0 Å². The first kappa shape index (κ1) is 8.74. The third-order valence-corrected chi connectivity index (χ3v) is 2.99. The zero-order valence-corrected chi connectivity index (χ0v) is 8.26. The highest BCUT2D eigenvalue weighted by Crippen LogP contribution is 2.32. The highest BCUT2D eigenvalue weighted by molar-refractivity contribution is 7.80. The standard InChI is InChI=1S/C8H12N2O2S/c1-10(7(13)5-2-3-5)6-4-9-8(11)12-6/h5-6H,2-4H2,1H3,(H,9,11). The van der Waals surface area contributed by atoms with Crippen LogP contribution in [0.2, 0.25) is 0 Å². The van der Waals surface area contributed by atoms with E-state index in [-0.39, 0.29) is 12.3 Å². The molecule has 1 amide bonds. The lowest BCUT2D eigenvalue weighted by atomic mass is 10.3. The molecular weight excluding hydrogens is 188 g/mol. The van der Waals surface area contributed by atoms with Crippen molar-refractivity contribution >= 4 is 23.3 Å². The number of hydrogen-bond donors (Lipinski definition) is 1. The number of nitrogens with one attached hydrogen (secondary N) is 1. The largest absolute Gasteiger partial charge is 0.423 e. The van der Waals surface area contributed by atoms with Crippen LogP contribution in [0.25, 0.3) is 0 Å². The molecule has 0 radical (unpaired) electrons. The Morgan fingerprint density at radius 1 is 1.69 bits per heavy atom. The Bertz CT molecular complexity index is 253. The number of alkyl carbamates (subject to hydrolysis) is 1. The minimum atomic E-state index is -0.351. The number of carbonyl (C=O) groups excluding carboxylic acids is 1. The molecule has 0 aromatic carbocycles. The van der Waals surface area contributed by atoms with E-state index in [4.69, 9.17) is 17.0 Å². The second-order valence-corrected chi connectivity index (χ2v) is 3.88. The van der Waals surface area contributed by atoms with Crippen LogP contribution in [0.5, 0.6) is 0 Å². The molecule has 1 saturated carbocycles. The van der Waals surface area contributed by atoms with Crippen LogP contribution in [0, 0.1) is 5.92 Å². The molecule has 1 saturated heterocycles. The summed E-state index contributed by atoms with van der Waals surface area (Å²) in [4.78, 5) is 13.6. The maximum absolute atomic E-state index is 10.8. The van der Waals surface area contributed by atoms with E-state index < -0.39 is 0 Å². The van der Waals surface area contributed by atoms with Gasteiger partial charge < -0.3 is 15.0 Å². The summed E-state index contributed by atoms with van der Waals surface area (Å²) >= 11 is 5.25. The fraction of sp³-hybridized carbons (Fsp3) is 0.750. The van der Waals surface area contributed by atoms with Gasteiger partial charge in [-0.15, -0.1) is 0 Å². The summed E-state index contributed by atoms with van der Waals surface area (Å²) in [5.41, 5.74) is 0. The van der Waals surface area contributed by atoms with Gasteiger partial charge in [0, 0.05) is 13.0 Å². The number of likely N-dealkylation sites (N-methyl/N-ethyl adjacent to an activating group) is 1. The van der Waals surface area contributed by atoms with Crippen LogP contribution in [0.4, 0.5) is 4.79 Å². The van der Waals surface area contributed by atoms with Crippen LogP contribution in [-0.2, 0) is 4.74 Å². The molecule has 2 rings (SSSR count). The molecular formula is C8H12N2O2S. The summed E-state index contributed by atoms with van der Waals surface area (Å²) in [5, 5.41) is 2.60. The molecule has 4 nitrogen and oxygen atoms in total. The molecule has 5 heteroatoms. The Labute approximate surface area is 82.2 Å². The molecule has 2 fully saturated rings. The van der Waals surface area contributed by atoms with Gasteiger partial charge in [-0.1, -0.05) is 12.2 Å². The maximum atomic E-state index is 10.8. The minimum Gasteiger partial charge on any atom is -0.423 e. The summed E-state index contributed by atoms with van der Waals surface area (Å²) in [5.74, 6) is 0.541. The van der Waals surface area contributed by atoms with Gasteiger partial charge in [0.2, 0.25) is 0 Å². The highest BCUT2D eigenvalue weighted by atomic mass is 32.1. The quantitative estimate of drug-likeness (QED) is 0.667. The predicted molar refractivity (Wildman–Crippen MR) is 51.4 cm³/mol. The van der Waals surface area contributed by atoms with E-state index >= 15 is 0 Å². The SMILES string of the molecule is CN(C(=S)C1CC1)C1CNC(=O)O1. The third-order valence-electron chi connectivity index (χ3n) is 2.37. The van der Waals surface area contributed by atoms with Gasteiger partial charge in [-0.25, -0.2) is 4.79 Å². The number of thiocarbonyl (C=S) groups is 1. The lowest BCUT2D eigenvalue weighted by Crippen LogP contribution is -2.39. The molecule has 13 heavy (non-hydrogen) atoms. The van der Waals surface area contributed by atoms with Gasteiger partial charge in [0.1, 0.15) is 0 Å². The van der Waals surface area contributed by atoms with Crippen LogP contribution in [0.15, 0.2) is 0 Å². The van der Waals surface area contributed by atoms with Crippen LogP contribution in [-0.4, -0.2) is 35.8 Å². The molecule has 1 N–H and O–H groups in total. The molecule has 0 spiro atoms. The number of rotatable bonds is 2. The third kappa shape index (κ3) is 1.75. The lowest BCUT2D eigenvalue weighted by molar-refractivity contribution is 0.0781. The van der Waals surface area contributed by atoms with E-state index in [1.165, 1.54) is 12.8 Å². The Hall–Kier alpha value is -0.840. The fourth-order valence-electron chi connectivity index (χ4n) is 1.35. The van der Waals surface area contributed by atoms with Crippen molar-refractivity contribution in [1.82, 2.24) is 10.2 Å². The molecule has 1 aliphatic heterocycles. The Morgan fingerprint density at radius 2 is 2.38 bits per heavy atom. The average molecular weight is 200 g/mol. The van der Waals surface area contributed by atoms with E-state index in [2.05, 4.69) is 5.32 Å². The van der Waals surface area contributed by atoms with Crippen molar-refractivity contribution in [2.45, 2.75) is 19.1 Å². The zero-order chi connectivity index (χ0) is 9.42. The van der Waals surface area contributed by atoms with Crippen LogP contribution < -0.4 is 5.32 Å². The molecule has 72 valence electrons. The van der Waals surface area contributed by atoms with Crippen molar-refractivity contribution in [2.75, 3.05) is 13.6 Å². The summed E-state index contributed by atoms with van der Waals surface area (Å²) in [6.45, 7) is 0.530. The fourth-order valence-corrected chi connectivity index (χ4v) is 1.71. The smallest absolute Gasteiger partial charge is 0.409 e. The van der Waals surface area contributed by atoms with Gasteiger partial charge in [-0.3, -0.25) is 0 Å². The maximum Gasteiger partial charge on any atom is 0.409 e. The normalized spacial score (nSPS) is 26.5. The van der Waals surface area contributed by atoms with Gasteiger partial charge in [0.15, 0.2) is 6.23 Å².